The van der Waals surface area contributed by atoms with Gasteiger partial charge in [-0.05, 0) is 46.5 Å². The van der Waals surface area contributed by atoms with E-state index >= 15 is 0 Å². The van der Waals surface area contributed by atoms with Gasteiger partial charge in [-0.25, -0.2) is 0 Å². The van der Waals surface area contributed by atoms with Gasteiger partial charge in [-0.15, -0.1) is 0 Å². The Bertz CT molecular complexity index is 432. The normalized spacial score (nSPS) is 11.9. The average Bonchev–Trinajstić information content (AvgIpc) is 2.34. The van der Waals surface area contributed by atoms with Crippen LogP contribution in [0.1, 0.15) is 25.8 Å². The van der Waals surface area contributed by atoms with Crippen molar-refractivity contribution in [2.75, 3.05) is 18.5 Å². The minimum atomic E-state index is 0.118. The third kappa shape index (κ3) is 3.91. The lowest BCUT2D eigenvalue weighted by Crippen LogP contribution is -2.21. The number of anilines is 1. The van der Waals surface area contributed by atoms with Gasteiger partial charge in [-0.1, -0.05) is 19.0 Å². The highest BCUT2D eigenvalue weighted by molar-refractivity contribution is 9.10. The maximum atomic E-state index is 8.64. The molecular weight excluding hydrogens is 294 g/mol. The largest absolute Gasteiger partial charge is 0.409 e. The predicted molar refractivity (Wildman–Crippen MR) is 79.4 cm³/mol. The minimum Gasteiger partial charge on any atom is -0.409 e. The molecule has 0 amide bonds. The smallest absolute Gasteiger partial charge is 0.170 e. The van der Waals surface area contributed by atoms with Crippen LogP contribution in [0.2, 0.25) is 0 Å². The van der Waals surface area contributed by atoms with Crippen LogP contribution < -0.4 is 10.6 Å². The molecule has 0 aliphatic carbocycles. The topological polar surface area (TPSA) is 61.8 Å². The molecule has 0 aliphatic heterocycles. The summed E-state index contributed by atoms with van der Waals surface area (Å²) in [4.78, 5) is 2.19. The second-order valence-electron chi connectivity index (χ2n) is 4.76. The molecule has 0 fully saturated rings. The van der Waals surface area contributed by atoms with Crippen LogP contribution >= 0.6 is 15.9 Å². The van der Waals surface area contributed by atoms with Gasteiger partial charge in [-0.3, -0.25) is 0 Å². The highest BCUT2D eigenvalue weighted by Gasteiger charge is 2.09. The zero-order valence-corrected chi connectivity index (χ0v) is 12.6. The molecule has 1 rings (SSSR count). The van der Waals surface area contributed by atoms with Crippen molar-refractivity contribution >= 4 is 27.5 Å². The number of benzene rings is 1. The Hall–Kier alpha value is -1.23. The monoisotopic (exact) mass is 313 g/mol. The maximum Gasteiger partial charge on any atom is 0.170 e. The SMILES string of the molecule is CC(C)CCN(C)c1ccc(/C(N)=N/O)cc1Br. The van der Waals surface area contributed by atoms with Crippen molar-refractivity contribution in [2.45, 2.75) is 20.3 Å². The van der Waals surface area contributed by atoms with E-state index in [0.29, 0.717) is 11.5 Å². The molecule has 100 valence electrons. The van der Waals surface area contributed by atoms with Crippen LogP contribution in [-0.4, -0.2) is 24.6 Å². The molecule has 0 radical (unpaired) electrons. The number of hydrogen-bond donors (Lipinski definition) is 2. The van der Waals surface area contributed by atoms with Crippen molar-refractivity contribution in [3.63, 3.8) is 0 Å². The quantitative estimate of drug-likeness (QED) is 0.380. The summed E-state index contributed by atoms with van der Waals surface area (Å²) in [7, 11) is 2.06. The van der Waals surface area contributed by atoms with Gasteiger partial charge in [0.25, 0.3) is 0 Å². The molecule has 3 N–H and O–H groups in total. The fourth-order valence-electron chi connectivity index (χ4n) is 1.61. The van der Waals surface area contributed by atoms with Gasteiger partial charge >= 0.3 is 0 Å². The molecule has 0 aromatic heterocycles. The third-order valence-corrected chi connectivity index (χ3v) is 3.44. The summed E-state index contributed by atoms with van der Waals surface area (Å²) in [6, 6.07) is 5.68. The van der Waals surface area contributed by atoms with E-state index in [4.69, 9.17) is 10.9 Å². The van der Waals surface area contributed by atoms with Gasteiger partial charge in [-0.2, -0.15) is 0 Å². The van der Waals surface area contributed by atoms with Crippen LogP contribution in [-0.2, 0) is 0 Å². The molecule has 1 aromatic rings. The Balaban J connectivity index is 2.85. The van der Waals surface area contributed by atoms with Crippen molar-refractivity contribution in [1.82, 2.24) is 0 Å². The molecule has 0 aliphatic rings. The first-order valence-corrected chi connectivity index (χ1v) is 6.73. The maximum absolute atomic E-state index is 8.64. The first kappa shape index (κ1) is 14.8. The first-order valence-electron chi connectivity index (χ1n) is 5.94. The molecule has 4 nitrogen and oxygen atoms in total. The van der Waals surface area contributed by atoms with E-state index in [1.165, 1.54) is 0 Å². The van der Waals surface area contributed by atoms with Crippen LogP contribution in [0.25, 0.3) is 0 Å². The standard InChI is InChI=1S/C13H20BrN3O/c1-9(2)6-7-17(3)12-5-4-10(8-11(12)14)13(15)16-18/h4-5,8-9,18H,6-7H2,1-3H3,(H2,15,16). The Kier molecular flexibility index (Phi) is 5.47. The Morgan fingerprint density at radius 1 is 1.50 bits per heavy atom. The van der Waals surface area contributed by atoms with E-state index in [0.717, 1.165) is 23.1 Å². The number of halogens is 1. The van der Waals surface area contributed by atoms with Gasteiger partial charge in [0, 0.05) is 23.6 Å². The van der Waals surface area contributed by atoms with Crippen molar-refractivity contribution in [1.29, 1.82) is 0 Å². The molecule has 0 atom stereocenters. The van der Waals surface area contributed by atoms with Crippen molar-refractivity contribution in [3.8, 4) is 0 Å². The summed E-state index contributed by atoms with van der Waals surface area (Å²) in [6.07, 6.45) is 1.14. The van der Waals surface area contributed by atoms with Gasteiger partial charge < -0.3 is 15.8 Å². The summed E-state index contributed by atoms with van der Waals surface area (Å²) in [6.45, 7) is 5.42. The van der Waals surface area contributed by atoms with Crippen LogP contribution in [0.4, 0.5) is 5.69 Å². The van der Waals surface area contributed by atoms with E-state index in [1.807, 2.05) is 18.2 Å². The Labute approximate surface area is 117 Å². The van der Waals surface area contributed by atoms with Crippen molar-refractivity contribution in [2.24, 2.45) is 16.8 Å². The van der Waals surface area contributed by atoms with Gasteiger partial charge in [0.2, 0.25) is 0 Å². The lowest BCUT2D eigenvalue weighted by molar-refractivity contribution is 0.318. The molecule has 0 bridgehead atoms. The fourth-order valence-corrected chi connectivity index (χ4v) is 2.29. The summed E-state index contributed by atoms with van der Waals surface area (Å²) >= 11 is 3.52. The third-order valence-electron chi connectivity index (χ3n) is 2.80. The number of amidine groups is 1. The number of nitrogens with two attached hydrogens (primary N) is 1. The van der Waals surface area contributed by atoms with Gasteiger partial charge in [0.15, 0.2) is 5.84 Å². The van der Waals surface area contributed by atoms with Crippen LogP contribution in [0.5, 0.6) is 0 Å². The van der Waals surface area contributed by atoms with Gasteiger partial charge in [0.1, 0.15) is 0 Å². The highest BCUT2D eigenvalue weighted by Crippen LogP contribution is 2.27. The number of hydrogen-bond acceptors (Lipinski definition) is 3. The Morgan fingerprint density at radius 3 is 2.67 bits per heavy atom. The van der Waals surface area contributed by atoms with Crippen molar-refractivity contribution in [3.05, 3.63) is 28.2 Å². The summed E-state index contributed by atoms with van der Waals surface area (Å²) in [5.41, 5.74) is 7.35. The molecule has 0 saturated heterocycles. The fraction of sp³-hybridized carbons (Fsp3) is 0.462. The summed E-state index contributed by atoms with van der Waals surface area (Å²) in [5, 5.41) is 11.6. The van der Waals surface area contributed by atoms with Crippen molar-refractivity contribution < 1.29 is 5.21 Å². The zero-order chi connectivity index (χ0) is 13.7. The molecule has 18 heavy (non-hydrogen) atoms. The minimum absolute atomic E-state index is 0.118. The number of oxime groups is 1. The summed E-state index contributed by atoms with van der Waals surface area (Å²) < 4.78 is 0.942. The van der Waals surface area contributed by atoms with E-state index in [2.05, 4.69) is 46.9 Å². The Morgan fingerprint density at radius 2 is 2.17 bits per heavy atom. The second kappa shape index (κ2) is 6.64. The highest BCUT2D eigenvalue weighted by atomic mass is 79.9. The van der Waals surface area contributed by atoms with E-state index in [9.17, 15) is 0 Å². The lowest BCUT2D eigenvalue weighted by atomic mass is 10.1. The zero-order valence-electron chi connectivity index (χ0n) is 11.0. The molecule has 0 heterocycles. The molecule has 0 saturated carbocycles. The van der Waals surface area contributed by atoms with E-state index in [-0.39, 0.29) is 5.84 Å². The van der Waals surface area contributed by atoms with E-state index in [1.54, 1.807) is 0 Å². The molecule has 0 unspecified atom stereocenters. The number of nitrogens with zero attached hydrogens (tertiary/aromatic N) is 2. The van der Waals surface area contributed by atoms with E-state index < -0.39 is 0 Å². The molecule has 0 spiro atoms. The second-order valence-corrected chi connectivity index (χ2v) is 5.61. The lowest BCUT2D eigenvalue weighted by Gasteiger charge is -2.22. The van der Waals surface area contributed by atoms with Crippen LogP contribution in [0, 0.1) is 5.92 Å². The predicted octanol–water partition coefficient (Wildman–Crippen LogP) is 3.03. The molecular formula is C13H20BrN3O. The average molecular weight is 314 g/mol. The van der Waals surface area contributed by atoms with Gasteiger partial charge in [0.05, 0.1) is 5.69 Å². The summed E-state index contributed by atoms with van der Waals surface area (Å²) in [5.74, 6) is 0.801. The molecule has 5 heteroatoms. The number of rotatable bonds is 5. The molecule has 1 aromatic carbocycles. The van der Waals surface area contributed by atoms with Crippen LogP contribution in [0.3, 0.4) is 0 Å². The van der Waals surface area contributed by atoms with Crippen LogP contribution in [0.15, 0.2) is 27.8 Å². The first-order chi connectivity index (χ1) is 8.45.